The van der Waals surface area contributed by atoms with E-state index in [-0.39, 0.29) is 5.91 Å². The van der Waals surface area contributed by atoms with E-state index < -0.39 is 0 Å². The summed E-state index contributed by atoms with van der Waals surface area (Å²) in [5, 5.41) is 0. The largest absolute Gasteiger partial charge is 0.383 e. The minimum Gasteiger partial charge on any atom is -0.383 e. The number of likely N-dealkylation sites (tertiary alicyclic amines) is 2. The summed E-state index contributed by atoms with van der Waals surface area (Å²) in [6.07, 6.45) is 3.41. The van der Waals surface area contributed by atoms with Gasteiger partial charge in [0, 0.05) is 44.4 Å². The van der Waals surface area contributed by atoms with Gasteiger partial charge in [-0.25, -0.2) is 0 Å². The first-order valence-corrected chi connectivity index (χ1v) is 9.55. The Hall–Kier alpha value is -1.39. The quantitative estimate of drug-likeness (QED) is 0.840. The molecule has 2 heterocycles. The molecule has 1 unspecified atom stereocenters. The summed E-state index contributed by atoms with van der Waals surface area (Å²) in [4.78, 5) is 17.4. The summed E-state index contributed by atoms with van der Waals surface area (Å²) in [7, 11) is 1.80. The summed E-state index contributed by atoms with van der Waals surface area (Å²) in [6, 6.07) is 9.01. The lowest BCUT2D eigenvalue weighted by atomic mass is 9.76. The zero-order chi connectivity index (χ0) is 18.0. The maximum absolute atomic E-state index is 12.8. The molecule has 0 radical (unpaired) electrons. The maximum atomic E-state index is 12.8. The maximum Gasteiger partial charge on any atom is 0.253 e. The molecule has 2 saturated heterocycles. The molecule has 3 rings (SSSR count). The van der Waals surface area contributed by atoms with E-state index >= 15 is 0 Å². The van der Waals surface area contributed by atoms with Crippen molar-refractivity contribution in [2.24, 2.45) is 5.41 Å². The van der Waals surface area contributed by atoms with Crippen molar-refractivity contribution in [1.82, 2.24) is 9.80 Å². The topological polar surface area (TPSA) is 32.8 Å². The summed E-state index contributed by atoms with van der Waals surface area (Å²) in [6.45, 7) is 10.3. The number of methoxy groups -OCH3 is 1. The molecule has 1 aromatic carbocycles. The Kier molecular flexibility index (Phi) is 5.49. The Morgan fingerprint density at radius 1 is 1.32 bits per heavy atom. The fourth-order valence-corrected chi connectivity index (χ4v) is 4.66. The number of piperidine rings is 1. The highest BCUT2D eigenvalue weighted by Gasteiger charge is 2.46. The highest BCUT2D eigenvalue weighted by molar-refractivity contribution is 5.94. The summed E-state index contributed by atoms with van der Waals surface area (Å²) in [5.41, 5.74) is 2.32. The third kappa shape index (κ3) is 3.90. The van der Waals surface area contributed by atoms with E-state index in [1.165, 1.54) is 6.42 Å². The monoisotopic (exact) mass is 344 g/mol. The molecule has 138 valence electrons. The number of carbonyl (C=O) groups is 1. The number of nitrogens with zero attached hydrogens (tertiary/aromatic N) is 2. The second-order valence-electron chi connectivity index (χ2n) is 8.24. The molecule has 0 saturated carbocycles. The van der Waals surface area contributed by atoms with Gasteiger partial charge in [-0.15, -0.1) is 0 Å². The van der Waals surface area contributed by atoms with Crippen molar-refractivity contribution in [3.8, 4) is 0 Å². The minimum atomic E-state index is 0.186. The van der Waals surface area contributed by atoms with Crippen LogP contribution in [0.25, 0.3) is 0 Å². The van der Waals surface area contributed by atoms with Crippen LogP contribution in [0, 0.1) is 12.3 Å². The Morgan fingerprint density at radius 2 is 2.04 bits per heavy atom. The molecule has 2 aliphatic rings. The van der Waals surface area contributed by atoms with Gasteiger partial charge in [0.15, 0.2) is 0 Å². The van der Waals surface area contributed by atoms with Crippen LogP contribution in [0.5, 0.6) is 0 Å². The molecule has 4 heteroatoms. The molecule has 4 nitrogen and oxygen atoms in total. The zero-order valence-corrected chi connectivity index (χ0v) is 16.1. The Morgan fingerprint density at radius 3 is 2.64 bits per heavy atom. The molecule has 0 N–H and O–H groups in total. The number of carbonyl (C=O) groups excluding carboxylic acids is 1. The molecule has 1 aromatic rings. The Labute approximate surface area is 152 Å². The van der Waals surface area contributed by atoms with Crippen molar-refractivity contribution in [1.29, 1.82) is 0 Å². The number of aryl methyl sites for hydroxylation is 1. The van der Waals surface area contributed by atoms with Crippen LogP contribution in [0.15, 0.2) is 24.3 Å². The lowest BCUT2D eigenvalue weighted by molar-refractivity contribution is 0.0581. The van der Waals surface area contributed by atoms with E-state index in [9.17, 15) is 4.79 Å². The highest BCUT2D eigenvalue weighted by atomic mass is 16.5. The van der Waals surface area contributed by atoms with Crippen LogP contribution in [0.2, 0.25) is 0 Å². The minimum absolute atomic E-state index is 0.186. The summed E-state index contributed by atoms with van der Waals surface area (Å²) < 4.78 is 5.46. The van der Waals surface area contributed by atoms with E-state index in [0.29, 0.717) is 17.5 Å². The van der Waals surface area contributed by atoms with E-state index in [4.69, 9.17) is 4.74 Å². The zero-order valence-electron chi connectivity index (χ0n) is 16.1. The Balaban J connectivity index is 1.64. The van der Waals surface area contributed by atoms with Crippen LogP contribution in [-0.4, -0.2) is 61.1 Å². The second kappa shape index (κ2) is 7.46. The van der Waals surface area contributed by atoms with Crippen LogP contribution < -0.4 is 0 Å². The number of hydrogen-bond acceptors (Lipinski definition) is 3. The van der Waals surface area contributed by atoms with Crippen LogP contribution in [0.3, 0.4) is 0 Å². The van der Waals surface area contributed by atoms with Crippen LogP contribution >= 0.6 is 0 Å². The Bertz CT molecular complexity index is 606. The fraction of sp³-hybridized carbons (Fsp3) is 0.667. The molecule has 2 aliphatic heterocycles. The normalized spacial score (nSPS) is 23.6. The van der Waals surface area contributed by atoms with E-state index in [1.54, 1.807) is 7.11 Å². The predicted octanol–water partition coefficient (Wildman–Crippen LogP) is 3.35. The first-order chi connectivity index (χ1) is 11.9. The van der Waals surface area contributed by atoms with Gasteiger partial charge in [-0.05, 0) is 57.6 Å². The van der Waals surface area contributed by atoms with Gasteiger partial charge in [-0.1, -0.05) is 17.7 Å². The summed E-state index contributed by atoms with van der Waals surface area (Å²) in [5.74, 6) is 0.186. The second-order valence-corrected chi connectivity index (χ2v) is 8.24. The molecule has 0 aliphatic carbocycles. The van der Waals surface area contributed by atoms with Crippen molar-refractivity contribution < 1.29 is 9.53 Å². The smallest absolute Gasteiger partial charge is 0.253 e. The first-order valence-electron chi connectivity index (χ1n) is 9.55. The molecule has 25 heavy (non-hydrogen) atoms. The molecule has 1 amide bonds. The first kappa shape index (κ1) is 18.4. The van der Waals surface area contributed by atoms with Gasteiger partial charge in [-0.3, -0.25) is 9.69 Å². The molecular formula is C21H32N2O2. The van der Waals surface area contributed by atoms with E-state index in [2.05, 4.69) is 18.7 Å². The standard InChI is InChI=1S/C21H32N2O2/c1-16(2)23-15-21(13-19(23)14-25-4)8-10-22(11-9-21)20(24)18-7-5-6-17(3)12-18/h5-7,12,16,19H,8-11,13-15H2,1-4H3. The molecule has 2 fully saturated rings. The number of benzene rings is 1. The van der Waals surface area contributed by atoms with Crippen LogP contribution in [-0.2, 0) is 4.74 Å². The van der Waals surface area contributed by atoms with Crippen molar-refractivity contribution in [3.63, 3.8) is 0 Å². The number of amides is 1. The SMILES string of the molecule is COCC1CC2(CCN(C(=O)c3cccc(C)c3)CC2)CN1C(C)C. The van der Waals surface area contributed by atoms with Crippen molar-refractivity contribution in [2.45, 2.75) is 52.1 Å². The predicted molar refractivity (Wildman–Crippen MR) is 101 cm³/mol. The van der Waals surface area contributed by atoms with E-state index in [0.717, 1.165) is 50.2 Å². The lowest BCUT2D eigenvalue weighted by Gasteiger charge is -2.39. The number of rotatable bonds is 4. The van der Waals surface area contributed by atoms with Crippen LogP contribution in [0.1, 0.15) is 49.0 Å². The van der Waals surface area contributed by atoms with Crippen molar-refractivity contribution in [2.75, 3.05) is 33.4 Å². The van der Waals surface area contributed by atoms with Gasteiger partial charge < -0.3 is 9.64 Å². The molecule has 1 atom stereocenters. The third-order valence-corrected chi connectivity index (χ3v) is 6.05. The van der Waals surface area contributed by atoms with E-state index in [1.807, 2.05) is 36.1 Å². The number of hydrogen-bond donors (Lipinski definition) is 0. The molecule has 0 bridgehead atoms. The van der Waals surface area contributed by atoms with Crippen molar-refractivity contribution >= 4 is 5.91 Å². The average molecular weight is 344 g/mol. The average Bonchev–Trinajstić information content (AvgIpc) is 2.94. The van der Waals surface area contributed by atoms with Gasteiger partial charge in [0.1, 0.15) is 0 Å². The van der Waals surface area contributed by atoms with Gasteiger partial charge in [0.05, 0.1) is 6.61 Å². The fourth-order valence-electron chi connectivity index (χ4n) is 4.66. The number of ether oxygens (including phenoxy) is 1. The highest BCUT2D eigenvalue weighted by Crippen LogP contribution is 2.44. The van der Waals surface area contributed by atoms with Gasteiger partial charge >= 0.3 is 0 Å². The molecule has 1 spiro atoms. The van der Waals surface area contributed by atoms with Gasteiger partial charge in [0.25, 0.3) is 5.91 Å². The molecule has 0 aromatic heterocycles. The van der Waals surface area contributed by atoms with Gasteiger partial charge in [0.2, 0.25) is 0 Å². The summed E-state index contributed by atoms with van der Waals surface area (Å²) >= 11 is 0. The van der Waals surface area contributed by atoms with Crippen LogP contribution in [0.4, 0.5) is 0 Å². The third-order valence-electron chi connectivity index (χ3n) is 6.05. The van der Waals surface area contributed by atoms with Gasteiger partial charge in [-0.2, -0.15) is 0 Å². The molecular weight excluding hydrogens is 312 g/mol. The lowest BCUT2D eigenvalue weighted by Crippen LogP contribution is -2.44. The van der Waals surface area contributed by atoms with Crippen molar-refractivity contribution in [3.05, 3.63) is 35.4 Å².